The van der Waals surface area contributed by atoms with Gasteiger partial charge in [-0.15, -0.1) is 0 Å². The molecular weight excluding hydrogens is 466 g/mol. The number of nitrogens with zero attached hydrogens (tertiary/aromatic N) is 1. The van der Waals surface area contributed by atoms with Gasteiger partial charge in [-0.3, -0.25) is 9.78 Å². The van der Waals surface area contributed by atoms with Crippen LogP contribution in [0.5, 0.6) is 5.75 Å². The van der Waals surface area contributed by atoms with Gasteiger partial charge in [0.1, 0.15) is 16.8 Å². The maximum absolute atomic E-state index is 13.2. The number of carbonyl (C=O) groups excluding carboxylic acids is 1. The molecule has 0 radical (unpaired) electrons. The van der Waals surface area contributed by atoms with Gasteiger partial charge in [0.15, 0.2) is 16.4 Å². The van der Waals surface area contributed by atoms with Gasteiger partial charge in [-0.05, 0) is 54.1 Å². The number of benzene rings is 2. The minimum Gasteiger partial charge on any atom is -0.482 e. The van der Waals surface area contributed by atoms with Gasteiger partial charge >= 0.3 is 0 Å². The molecule has 1 aromatic heterocycles. The van der Waals surface area contributed by atoms with Gasteiger partial charge in [-0.25, -0.2) is 12.8 Å². The van der Waals surface area contributed by atoms with E-state index in [1.54, 1.807) is 18.2 Å². The van der Waals surface area contributed by atoms with Crippen LogP contribution in [0.25, 0.3) is 0 Å². The van der Waals surface area contributed by atoms with E-state index in [1.807, 2.05) is 0 Å². The van der Waals surface area contributed by atoms with E-state index in [0.717, 1.165) is 12.1 Å². The van der Waals surface area contributed by atoms with Crippen molar-refractivity contribution in [1.29, 1.82) is 0 Å². The molecular formula is C21H17Cl2FN2O4S. The first-order valence-electron chi connectivity index (χ1n) is 9.01. The number of rotatable bonds is 8. The molecule has 162 valence electrons. The summed E-state index contributed by atoms with van der Waals surface area (Å²) in [5, 5.41) is 2.09. The summed E-state index contributed by atoms with van der Waals surface area (Å²) in [6.45, 7) is -0.611. The summed E-state index contributed by atoms with van der Waals surface area (Å²) in [6, 6.07) is 12.2. The molecule has 0 saturated heterocycles. The fourth-order valence-electron chi connectivity index (χ4n) is 2.75. The molecule has 6 nitrogen and oxygen atoms in total. The van der Waals surface area contributed by atoms with Crippen LogP contribution in [-0.2, 0) is 14.6 Å². The molecule has 1 atom stereocenters. The first-order chi connectivity index (χ1) is 14.8. The van der Waals surface area contributed by atoms with E-state index in [0.29, 0.717) is 10.6 Å². The molecule has 0 aliphatic rings. The number of aromatic nitrogens is 1. The van der Waals surface area contributed by atoms with Crippen LogP contribution < -0.4 is 10.1 Å². The maximum Gasteiger partial charge on any atom is 0.257 e. The number of ether oxygens (including phenoxy) is 1. The zero-order chi connectivity index (χ0) is 22.4. The molecule has 0 bridgehead atoms. The molecule has 1 heterocycles. The van der Waals surface area contributed by atoms with Crippen molar-refractivity contribution in [2.24, 2.45) is 0 Å². The van der Waals surface area contributed by atoms with Crippen LogP contribution in [0.3, 0.4) is 0 Å². The van der Waals surface area contributed by atoms with Gasteiger partial charge in [-0.1, -0.05) is 29.3 Å². The van der Waals surface area contributed by atoms with Crippen LogP contribution in [0.2, 0.25) is 10.0 Å². The van der Waals surface area contributed by atoms with Gasteiger partial charge in [0, 0.05) is 24.0 Å². The lowest BCUT2D eigenvalue weighted by atomic mass is 10.2. The predicted molar refractivity (Wildman–Crippen MR) is 116 cm³/mol. The van der Waals surface area contributed by atoms with Crippen LogP contribution in [0.1, 0.15) is 10.8 Å². The smallest absolute Gasteiger partial charge is 0.257 e. The lowest BCUT2D eigenvalue weighted by Crippen LogP contribution is -2.35. The number of nitrogens with one attached hydrogen (secondary N) is 1. The fourth-order valence-corrected chi connectivity index (χ4v) is 4.86. The monoisotopic (exact) mass is 482 g/mol. The Hall–Kier alpha value is -2.68. The molecule has 0 spiro atoms. The summed E-state index contributed by atoms with van der Waals surface area (Å²) in [5.41, 5.74) is 0.383. The van der Waals surface area contributed by atoms with Crippen molar-refractivity contribution in [3.05, 3.63) is 88.4 Å². The Kier molecular flexibility index (Phi) is 7.48. The van der Waals surface area contributed by atoms with Gasteiger partial charge in [0.25, 0.3) is 5.91 Å². The molecule has 31 heavy (non-hydrogen) atoms. The lowest BCUT2D eigenvalue weighted by molar-refractivity contribution is -0.123. The van der Waals surface area contributed by atoms with Crippen molar-refractivity contribution in [3.8, 4) is 5.75 Å². The van der Waals surface area contributed by atoms with Gasteiger partial charge < -0.3 is 10.1 Å². The molecule has 0 saturated carbocycles. The molecule has 1 amide bonds. The number of hydrogen-bond donors (Lipinski definition) is 1. The second-order valence-corrected chi connectivity index (χ2v) is 9.42. The summed E-state index contributed by atoms with van der Waals surface area (Å²) in [6.07, 6.45) is 2.91. The molecule has 10 heteroatoms. The number of carbonyl (C=O) groups is 1. The van der Waals surface area contributed by atoms with Crippen molar-refractivity contribution < 1.29 is 22.3 Å². The summed E-state index contributed by atoms with van der Waals surface area (Å²) >= 11 is 11.8. The number of sulfone groups is 1. The lowest BCUT2D eigenvalue weighted by Gasteiger charge is -2.19. The Balaban J connectivity index is 1.73. The van der Waals surface area contributed by atoms with Crippen LogP contribution in [0, 0.1) is 5.82 Å². The minimum atomic E-state index is -3.94. The number of hydrogen-bond acceptors (Lipinski definition) is 5. The highest BCUT2D eigenvalue weighted by Gasteiger charge is 2.30. The average molecular weight is 483 g/mol. The van der Waals surface area contributed by atoms with Gasteiger partial charge in [0.05, 0.1) is 9.92 Å². The Labute approximate surface area is 188 Å². The largest absolute Gasteiger partial charge is 0.482 e. The Morgan fingerprint density at radius 2 is 1.87 bits per heavy atom. The van der Waals surface area contributed by atoms with Crippen LogP contribution in [0.4, 0.5) is 4.39 Å². The van der Waals surface area contributed by atoms with E-state index in [2.05, 4.69) is 10.3 Å². The third-order valence-electron chi connectivity index (χ3n) is 4.31. The first kappa shape index (κ1) is 23.0. The van der Waals surface area contributed by atoms with Gasteiger partial charge in [0.2, 0.25) is 0 Å². The van der Waals surface area contributed by atoms with Crippen molar-refractivity contribution in [1.82, 2.24) is 10.3 Å². The highest BCUT2D eigenvalue weighted by atomic mass is 35.5. The first-order valence-corrected chi connectivity index (χ1v) is 11.3. The zero-order valence-electron chi connectivity index (χ0n) is 16.0. The molecule has 0 aliphatic heterocycles. The van der Waals surface area contributed by atoms with Crippen molar-refractivity contribution in [2.75, 3.05) is 13.2 Å². The van der Waals surface area contributed by atoms with Crippen LogP contribution in [0.15, 0.2) is 71.9 Å². The SMILES string of the molecule is O=C(COc1ccc(Cl)cc1Cl)NCC(c1cccnc1)S(=O)(=O)c1ccc(F)cc1. The minimum absolute atomic E-state index is 0.0683. The van der Waals surface area contributed by atoms with Crippen molar-refractivity contribution in [2.45, 2.75) is 10.1 Å². The highest BCUT2D eigenvalue weighted by Crippen LogP contribution is 2.29. The summed E-state index contributed by atoms with van der Waals surface area (Å²) in [4.78, 5) is 16.2. The van der Waals surface area contributed by atoms with E-state index in [-0.39, 0.29) is 28.8 Å². The second kappa shape index (κ2) is 10.1. The van der Waals surface area contributed by atoms with E-state index in [1.165, 1.54) is 36.7 Å². The van der Waals surface area contributed by atoms with Gasteiger partial charge in [-0.2, -0.15) is 0 Å². The highest BCUT2D eigenvalue weighted by molar-refractivity contribution is 7.91. The van der Waals surface area contributed by atoms with Crippen molar-refractivity contribution >= 4 is 38.9 Å². The Morgan fingerprint density at radius 1 is 1.13 bits per heavy atom. The Morgan fingerprint density at radius 3 is 2.52 bits per heavy atom. The van der Waals surface area contributed by atoms with Crippen LogP contribution in [-0.4, -0.2) is 32.5 Å². The average Bonchev–Trinajstić information content (AvgIpc) is 2.74. The third kappa shape index (κ3) is 5.94. The number of halogens is 3. The Bertz CT molecular complexity index is 1160. The van der Waals surface area contributed by atoms with E-state index in [9.17, 15) is 17.6 Å². The van der Waals surface area contributed by atoms with E-state index in [4.69, 9.17) is 27.9 Å². The maximum atomic E-state index is 13.2. The fraction of sp³-hybridized carbons (Fsp3) is 0.143. The molecule has 0 fully saturated rings. The second-order valence-electron chi connectivity index (χ2n) is 6.44. The van der Waals surface area contributed by atoms with Crippen LogP contribution >= 0.6 is 23.2 Å². The predicted octanol–water partition coefficient (Wildman–Crippen LogP) is 4.24. The number of pyridine rings is 1. The zero-order valence-corrected chi connectivity index (χ0v) is 18.3. The molecule has 3 rings (SSSR count). The molecule has 1 N–H and O–H groups in total. The number of amides is 1. The van der Waals surface area contributed by atoms with E-state index >= 15 is 0 Å². The quantitative estimate of drug-likeness (QED) is 0.485. The standard InChI is InChI=1S/C21H17Cl2FN2O4S/c22-15-3-8-19(18(23)10-15)30-13-21(27)26-12-20(14-2-1-9-25-11-14)31(28,29)17-6-4-16(24)5-7-17/h1-11,20H,12-13H2,(H,26,27). The third-order valence-corrected chi connectivity index (χ3v) is 6.96. The normalized spacial score (nSPS) is 12.2. The summed E-state index contributed by atoms with van der Waals surface area (Å²) in [7, 11) is -3.94. The molecule has 1 unspecified atom stereocenters. The van der Waals surface area contributed by atoms with E-state index < -0.39 is 26.8 Å². The molecule has 0 aliphatic carbocycles. The summed E-state index contributed by atoms with van der Waals surface area (Å²) in [5.74, 6) is -0.832. The molecule has 2 aromatic carbocycles. The van der Waals surface area contributed by atoms with Crippen molar-refractivity contribution in [3.63, 3.8) is 0 Å². The summed E-state index contributed by atoms with van der Waals surface area (Å²) < 4.78 is 44.9. The topological polar surface area (TPSA) is 85.4 Å². The molecule has 3 aromatic rings.